The molecule has 0 aliphatic heterocycles. The predicted octanol–water partition coefficient (Wildman–Crippen LogP) is 3.13. The number of hydrogen-bond acceptors (Lipinski definition) is 5. The first-order chi connectivity index (χ1) is 13.1. The molecule has 1 amide bonds. The first kappa shape index (κ1) is 17.6. The van der Waals surface area contributed by atoms with Gasteiger partial charge in [0.15, 0.2) is 23.1 Å². The molecule has 9 heteroatoms. The molecule has 0 unspecified atom stereocenters. The molecule has 1 aromatic carbocycles. The quantitative estimate of drug-likeness (QED) is 0.520. The van der Waals surface area contributed by atoms with Crippen molar-refractivity contribution in [3.8, 4) is 5.82 Å². The Labute approximate surface area is 158 Å². The van der Waals surface area contributed by atoms with Crippen molar-refractivity contribution < 1.29 is 13.6 Å². The molecule has 138 valence electrons. The molecule has 0 radical (unpaired) electrons. The van der Waals surface area contributed by atoms with Crippen LogP contribution in [0.2, 0.25) is 0 Å². The van der Waals surface area contributed by atoms with Crippen molar-refractivity contribution in [2.75, 3.05) is 0 Å². The molecule has 27 heavy (non-hydrogen) atoms. The molecule has 1 aliphatic rings. The second-order valence-electron chi connectivity index (χ2n) is 6.14. The summed E-state index contributed by atoms with van der Waals surface area (Å²) in [5, 5.41) is 7.80. The van der Waals surface area contributed by atoms with Gasteiger partial charge in [0, 0.05) is 24.1 Å². The Morgan fingerprint density at radius 2 is 2.04 bits per heavy atom. The maximum Gasteiger partial charge on any atom is 0.272 e. The molecule has 1 saturated carbocycles. The maximum atomic E-state index is 13.3. The lowest BCUT2D eigenvalue weighted by Gasteiger charge is -2.05. The Morgan fingerprint density at radius 3 is 2.81 bits per heavy atom. The lowest BCUT2D eigenvalue weighted by atomic mass is 10.2. The fraction of sp³-hybridized carbons (Fsp3) is 0.222. The van der Waals surface area contributed by atoms with E-state index in [4.69, 9.17) is 0 Å². The van der Waals surface area contributed by atoms with Crippen LogP contribution in [0, 0.1) is 11.6 Å². The number of rotatable bonds is 6. The molecule has 1 fully saturated rings. The van der Waals surface area contributed by atoms with Gasteiger partial charge in [0.1, 0.15) is 11.4 Å². The van der Waals surface area contributed by atoms with Crippen molar-refractivity contribution in [1.82, 2.24) is 25.1 Å². The fourth-order valence-electron chi connectivity index (χ4n) is 2.38. The number of carbonyl (C=O) groups is 1. The maximum absolute atomic E-state index is 13.3. The normalized spacial score (nSPS) is 13.6. The lowest BCUT2D eigenvalue weighted by Crippen LogP contribution is -2.25. The predicted molar refractivity (Wildman–Crippen MR) is 95.6 cm³/mol. The van der Waals surface area contributed by atoms with Gasteiger partial charge in [0.2, 0.25) is 0 Å². The van der Waals surface area contributed by atoms with E-state index >= 15 is 0 Å². The molecule has 0 spiro atoms. The number of nitrogens with one attached hydrogen (secondary N) is 1. The molecule has 0 saturated heterocycles. The van der Waals surface area contributed by atoms with Crippen LogP contribution in [-0.4, -0.2) is 31.7 Å². The van der Waals surface area contributed by atoms with Crippen molar-refractivity contribution >= 4 is 17.7 Å². The van der Waals surface area contributed by atoms with Gasteiger partial charge in [-0.3, -0.25) is 4.79 Å². The van der Waals surface area contributed by atoms with Crippen molar-refractivity contribution in [1.29, 1.82) is 0 Å². The highest BCUT2D eigenvalue weighted by Gasteiger charge is 2.24. The monoisotopic (exact) mass is 387 g/mol. The van der Waals surface area contributed by atoms with E-state index in [2.05, 4.69) is 20.4 Å². The van der Waals surface area contributed by atoms with Gasteiger partial charge >= 0.3 is 0 Å². The highest BCUT2D eigenvalue weighted by molar-refractivity contribution is 7.98. The van der Waals surface area contributed by atoms with Gasteiger partial charge in [-0.2, -0.15) is 5.10 Å². The zero-order chi connectivity index (χ0) is 18.8. The van der Waals surface area contributed by atoms with Gasteiger partial charge in [-0.25, -0.2) is 23.4 Å². The molecule has 0 atom stereocenters. The SMILES string of the molecule is O=C(NC1CC1)c1ccn(-c2cc(SCc3ccc(F)c(F)c3)ncn2)n1. The summed E-state index contributed by atoms with van der Waals surface area (Å²) in [6.45, 7) is 0. The number of benzene rings is 1. The van der Waals surface area contributed by atoms with E-state index in [9.17, 15) is 13.6 Å². The number of halogens is 2. The third kappa shape index (κ3) is 4.30. The van der Waals surface area contributed by atoms with Crippen LogP contribution in [0.15, 0.2) is 47.9 Å². The summed E-state index contributed by atoms with van der Waals surface area (Å²) in [7, 11) is 0. The number of thioether (sulfide) groups is 1. The van der Waals surface area contributed by atoms with E-state index in [0.29, 0.717) is 27.9 Å². The van der Waals surface area contributed by atoms with E-state index in [-0.39, 0.29) is 11.9 Å². The summed E-state index contributed by atoms with van der Waals surface area (Å²) >= 11 is 1.37. The average molecular weight is 387 g/mol. The van der Waals surface area contributed by atoms with Crippen molar-refractivity contribution in [2.45, 2.75) is 29.7 Å². The first-order valence-electron chi connectivity index (χ1n) is 8.34. The largest absolute Gasteiger partial charge is 0.348 e. The standard InChI is InChI=1S/C18H15F2N5OS/c19-13-4-1-11(7-14(13)20)9-27-17-8-16(21-10-22-17)25-6-5-15(24-25)18(26)23-12-2-3-12/h1,4-8,10,12H,2-3,9H2,(H,23,26). The Kier molecular flexibility index (Phi) is 4.85. The van der Waals surface area contributed by atoms with Crippen LogP contribution < -0.4 is 5.32 Å². The van der Waals surface area contributed by atoms with E-state index in [0.717, 1.165) is 18.9 Å². The Morgan fingerprint density at radius 1 is 1.19 bits per heavy atom. The summed E-state index contributed by atoms with van der Waals surface area (Å²) in [6.07, 6.45) is 5.08. The second kappa shape index (κ2) is 7.43. The molecule has 2 heterocycles. The van der Waals surface area contributed by atoms with Gasteiger partial charge in [-0.1, -0.05) is 6.07 Å². The molecule has 6 nitrogen and oxygen atoms in total. The fourth-order valence-corrected chi connectivity index (χ4v) is 3.18. The van der Waals surface area contributed by atoms with Crippen molar-refractivity contribution in [2.24, 2.45) is 0 Å². The van der Waals surface area contributed by atoms with Gasteiger partial charge < -0.3 is 5.32 Å². The number of hydrogen-bond donors (Lipinski definition) is 1. The molecular weight excluding hydrogens is 372 g/mol. The number of aromatic nitrogens is 4. The van der Waals surface area contributed by atoms with Gasteiger partial charge in [0.05, 0.1) is 0 Å². The van der Waals surface area contributed by atoms with E-state index in [1.165, 1.54) is 34.9 Å². The Bertz CT molecular complexity index is 989. The van der Waals surface area contributed by atoms with E-state index < -0.39 is 11.6 Å². The summed E-state index contributed by atoms with van der Waals surface area (Å²) in [6, 6.07) is 7.43. The van der Waals surface area contributed by atoms with E-state index in [1.54, 1.807) is 18.3 Å². The Hall–Kier alpha value is -2.81. The molecule has 4 rings (SSSR count). The first-order valence-corrected chi connectivity index (χ1v) is 9.33. The molecule has 2 aromatic heterocycles. The average Bonchev–Trinajstić information content (AvgIpc) is 3.34. The third-order valence-corrected chi connectivity index (χ3v) is 4.96. The minimum absolute atomic E-state index is 0.196. The highest BCUT2D eigenvalue weighted by Crippen LogP contribution is 2.23. The van der Waals surface area contributed by atoms with Crippen LogP contribution >= 0.6 is 11.8 Å². The lowest BCUT2D eigenvalue weighted by molar-refractivity contribution is 0.0945. The van der Waals surface area contributed by atoms with Crippen molar-refractivity contribution in [3.63, 3.8) is 0 Å². The summed E-state index contributed by atoms with van der Waals surface area (Å²) in [5.41, 5.74) is 0.980. The minimum atomic E-state index is -0.870. The van der Waals surface area contributed by atoms with E-state index in [1.807, 2.05) is 0 Å². The number of amides is 1. The second-order valence-corrected chi connectivity index (χ2v) is 7.14. The third-order valence-electron chi connectivity index (χ3n) is 3.97. The van der Waals surface area contributed by atoms with Gasteiger partial charge in [0.25, 0.3) is 5.91 Å². The molecule has 1 N–H and O–H groups in total. The minimum Gasteiger partial charge on any atom is -0.348 e. The smallest absolute Gasteiger partial charge is 0.272 e. The van der Waals surface area contributed by atoms with Crippen LogP contribution in [0.5, 0.6) is 0 Å². The number of nitrogens with zero attached hydrogens (tertiary/aromatic N) is 4. The van der Waals surface area contributed by atoms with Crippen LogP contribution in [0.1, 0.15) is 28.9 Å². The van der Waals surface area contributed by atoms with Crippen LogP contribution in [0.25, 0.3) is 5.82 Å². The molecule has 3 aromatic rings. The number of carbonyl (C=O) groups excluding carboxylic acids is 1. The molecule has 1 aliphatic carbocycles. The highest BCUT2D eigenvalue weighted by atomic mass is 32.2. The zero-order valence-corrected chi connectivity index (χ0v) is 14.9. The molecular formula is C18H15F2N5OS. The topological polar surface area (TPSA) is 72.7 Å². The van der Waals surface area contributed by atoms with Gasteiger partial charge in [-0.15, -0.1) is 11.8 Å². The van der Waals surface area contributed by atoms with Crippen LogP contribution in [0.3, 0.4) is 0 Å². The summed E-state index contributed by atoms with van der Waals surface area (Å²) < 4.78 is 27.8. The van der Waals surface area contributed by atoms with Crippen LogP contribution in [0.4, 0.5) is 8.78 Å². The molecule has 0 bridgehead atoms. The van der Waals surface area contributed by atoms with Crippen molar-refractivity contribution in [3.05, 3.63) is 65.7 Å². The summed E-state index contributed by atoms with van der Waals surface area (Å²) in [5.74, 6) is -0.985. The summed E-state index contributed by atoms with van der Waals surface area (Å²) in [4.78, 5) is 20.4. The van der Waals surface area contributed by atoms with Crippen LogP contribution in [-0.2, 0) is 5.75 Å². The van der Waals surface area contributed by atoms with Gasteiger partial charge in [-0.05, 0) is 36.6 Å². The Balaban J connectivity index is 1.44. The zero-order valence-electron chi connectivity index (χ0n) is 14.1.